The molecule has 1 atom stereocenters. The van der Waals surface area contributed by atoms with Gasteiger partial charge in [-0.05, 0) is 30.0 Å². The molecule has 0 spiro atoms. The number of benzene rings is 1. The number of fused-ring (bicyclic) bond motifs is 1. The van der Waals surface area contributed by atoms with Crippen LogP contribution in [-0.4, -0.2) is 24.8 Å². The second-order valence-corrected chi connectivity index (χ2v) is 4.41. The summed E-state index contributed by atoms with van der Waals surface area (Å²) in [5.74, 6) is 0. The Morgan fingerprint density at radius 3 is 3.00 bits per heavy atom. The Bertz CT molecular complexity index is 365. The van der Waals surface area contributed by atoms with Gasteiger partial charge in [0.1, 0.15) is 0 Å². The smallest absolute Gasteiger partial charge is 0.0624 e. The fraction of sp³-hybridized carbons (Fsp3) is 0.538. The Balaban J connectivity index is 2.22. The van der Waals surface area contributed by atoms with Crippen molar-refractivity contribution in [3.8, 4) is 0 Å². The molecule has 0 radical (unpaired) electrons. The second kappa shape index (κ2) is 4.85. The van der Waals surface area contributed by atoms with Crippen molar-refractivity contribution in [2.45, 2.75) is 25.8 Å². The first kappa shape index (κ1) is 11.4. The number of hydrogen-bond acceptors (Lipinski definition) is 3. The number of aliphatic hydroxyl groups excluding tert-OH is 1. The number of anilines is 1. The lowest BCUT2D eigenvalue weighted by atomic mass is 10.0. The highest BCUT2D eigenvalue weighted by Gasteiger charge is 2.19. The number of hydrogen-bond donors (Lipinski definition) is 2. The molecule has 3 nitrogen and oxygen atoms in total. The van der Waals surface area contributed by atoms with Crippen LogP contribution in [0.15, 0.2) is 18.2 Å². The van der Waals surface area contributed by atoms with Crippen LogP contribution in [0, 0.1) is 0 Å². The SMILES string of the molecule is CCCN1CCc2cc([C@@H](N)CO)ccc21. The summed E-state index contributed by atoms with van der Waals surface area (Å²) in [7, 11) is 0. The van der Waals surface area contributed by atoms with Crippen molar-refractivity contribution in [1.29, 1.82) is 0 Å². The molecule has 2 rings (SSSR count). The lowest BCUT2D eigenvalue weighted by molar-refractivity contribution is 0.268. The summed E-state index contributed by atoms with van der Waals surface area (Å²) < 4.78 is 0. The zero-order valence-electron chi connectivity index (χ0n) is 9.82. The van der Waals surface area contributed by atoms with E-state index in [1.807, 2.05) is 6.07 Å². The summed E-state index contributed by atoms with van der Waals surface area (Å²) in [6.45, 7) is 4.45. The van der Waals surface area contributed by atoms with Crippen molar-refractivity contribution in [3.63, 3.8) is 0 Å². The van der Waals surface area contributed by atoms with Crippen LogP contribution < -0.4 is 10.6 Å². The summed E-state index contributed by atoms with van der Waals surface area (Å²) >= 11 is 0. The van der Waals surface area contributed by atoms with Gasteiger partial charge in [-0.2, -0.15) is 0 Å². The molecule has 1 aliphatic rings. The molecule has 16 heavy (non-hydrogen) atoms. The van der Waals surface area contributed by atoms with E-state index in [2.05, 4.69) is 24.0 Å². The van der Waals surface area contributed by atoms with Gasteiger partial charge in [0.05, 0.1) is 12.6 Å². The maximum atomic E-state index is 9.04. The van der Waals surface area contributed by atoms with Gasteiger partial charge in [0.25, 0.3) is 0 Å². The monoisotopic (exact) mass is 220 g/mol. The number of aliphatic hydroxyl groups is 1. The average Bonchev–Trinajstić information content (AvgIpc) is 2.71. The fourth-order valence-electron chi connectivity index (χ4n) is 2.33. The molecule has 0 saturated carbocycles. The molecule has 1 aromatic rings. The molecule has 1 aliphatic heterocycles. The van der Waals surface area contributed by atoms with E-state index >= 15 is 0 Å². The van der Waals surface area contributed by atoms with E-state index in [0.717, 1.165) is 25.1 Å². The molecule has 0 aromatic heterocycles. The molecule has 0 aliphatic carbocycles. The van der Waals surface area contributed by atoms with E-state index in [1.54, 1.807) is 0 Å². The van der Waals surface area contributed by atoms with Crippen molar-refractivity contribution in [2.75, 3.05) is 24.6 Å². The summed E-state index contributed by atoms with van der Waals surface area (Å²) in [5.41, 5.74) is 9.57. The molecular formula is C13H20N2O. The molecule has 88 valence electrons. The average molecular weight is 220 g/mol. The Morgan fingerprint density at radius 2 is 2.31 bits per heavy atom. The van der Waals surface area contributed by atoms with Gasteiger partial charge in [0.2, 0.25) is 0 Å². The van der Waals surface area contributed by atoms with Crippen LogP contribution in [0.5, 0.6) is 0 Å². The first-order valence-corrected chi connectivity index (χ1v) is 6.00. The lowest BCUT2D eigenvalue weighted by Gasteiger charge is -2.19. The highest BCUT2D eigenvalue weighted by Crippen LogP contribution is 2.30. The van der Waals surface area contributed by atoms with Crippen molar-refractivity contribution in [2.24, 2.45) is 5.73 Å². The summed E-state index contributed by atoms with van der Waals surface area (Å²) in [5, 5.41) is 9.04. The molecule has 1 heterocycles. The van der Waals surface area contributed by atoms with Crippen LogP contribution in [0.3, 0.4) is 0 Å². The van der Waals surface area contributed by atoms with E-state index in [1.165, 1.54) is 17.7 Å². The van der Waals surface area contributed by atoms with Gasteiger partial charge in [0, 0.05) is 18.8 Å². The summed E-state index contributed by atoms with van der Waals surface area (Å²) in [6, 6.07) is 6.08. The van der Waals surface area contributed by atoms with Crippen LogP contribution in [0.1, 0.15) is 30.5 Å². The van der Waals surface area contributed by atoms with Gasteiger partial charge in [-0.1, -0.05) is 19.1 Å². The van der Waals surface area contributed by atoms with Gasteiger partial charge in [-0.25, -0.2) is 0 Å². The minimum atomic E-state index is -0.245. The molecule has 1 aromatic carbocycles. The van der Waals surface area contributed by atoms with Crippen molar-refractivity contribution < 1.29 is 5.11 Å². The van der Waals surface area contributed by atoms with Crippen LogP contribution >= 0.6 is 0 Å². The van der Waals surface area contributed by atoms with Gasteiger partial charge in [-0.15, -0.1) is 0 Å². The molecule has 0 unspecified atom stereocenters. The summed E-state index contributed by atoms with van der Waals surface area (Å²) in [4.78, 5) is 2.42. The quantitative estimate of drug-likeness (QED) is 0.807. The topological polar surface area (TPSA) is 49.5 Å². The first-order chi connectivity index (χ1) is 7.76. The molecule has 0 saturated heterocycles. The van der Waals surface area contributed by atoms with E-state index in [0.29, 0.717) is 0 Å². The van der Waals surface area contributed by atoms with Crippen LogP contribution in [0.2, 0.25) is 0 Å². The molecule has 3 N–H and O–H groups in total. The van der Waals surface area contributed by atoms with Crippen LogP contribution in [-0.2, 0) is 6.42 Å². The van der Waals surface area contributed by atoms with Crippen molar-refractivity contribution in [1.82, 2.24) is 0 Å². The third kappa shape index (κ3) is 2.06. The van der Waals surface area contributed by atoms with Gasteiger partial charge < -0.3 is 15.7 Å². The Labute approximate surface area is 96.9 Å². The minimum absolute atomic E-state index is 0.0114. The third-order valence-corrected chi connectivity index (χ3v) is 3.21. The Kier molecular flexibility index (Phi) is 3.46. The maximum absolute atomic E-state index is 9.04. The van der Waals surface area contributed by atoms with E-state index < -0.39 is 0 Å². The number of rotatable bonds is 4. The predicted molar refractivity (Wildman–Crippen MR) is 66.7 cm³/mol. The van der Waals surface area contributed by atoms with Gasteiger partial charge >= 0.3 is 0 Å². The molecule has 0 bridgehead atoms. The molecule has 3 heteroatoms. The van der Waals surface area contributed by atoms with Crippen LogP contribution in [0.4, 0.5) is 5.69 Å². The van der Waals surface area contributed by atoms with Gasteiger partial charge in [0.15, 0.2) is 0 Å². The summed E-state index contributed by atoms with van der Waals surface area (Å²) in [6.07, 6.45) is 2.28. The molecule has 0 amide bonds. The third-order valence-electron chi connectivity index (χ3n) is 3.21. The molecular weight excluding hydrogens is 200 g/mol. The van der Waals surface area contributed by atoms with Crippen LogP contribution in [0.25, 0.3) is 0 Å². The number of nitrogens with zero attached hydrogens (tertiary/aromatic N) is 1. The number of nitrogens with two attached hydrogens (primary N) is 1. The predicted octanol–water partition coefficient (Wildman–Crippen LogP) is 1.45. The standard InChI is InChI=1S/C13H20N2O/c1-2-6-15-7-5-11-8-10(12(14)9-16)3-4-13(11)15/h3-4,8,12,16H,2,5-7,9,14H2,1H3/t12-/m0/s1. The maximum Gasteiger partial charge on any atom is 0.0624 e. The highest BCUT2D eigenvalue weighted by molar-refractivity contribution is 5.59. The van der Waals surface area contributed by atoms with E-state index in [-0.39, 0.29) is 12.6 Å². The van der Waals surface area contributed by atoms with E-state index in [4.69, 9.17) is 10.8 Å². The fourth-order valence-corrected chi connectivity index (χ4v) is 2.33. The Hall–Kier alpha value is -1.06. The lowest BCUT2D eigenvalue weighted by Crippen LogP contribution is -2.21. The zero-order valence-corrected chi connectivity index (χ0v) is 9.82. The Morgan fingerprint density at radius 1 is 1.50 bits per heavy atom. The first-order valence-electron chi connectivity index (χ1n) is 6.00. The highest BCUT2D eigenvalue weighted by atomic mass is 16.3. The second-order valence-electron chi connectivity index (χ2n) is 4.41. The van der Waals surface area contributed by atoms with E-state index in [9.17, 15) is 0 Å². The largest absolute Gasteiger partial charge is 0.394 e. The van der Waals surface area contributed by atoms with Crippen molar-refractivity contribution >= 4 is 5.69 Å². The normalized spacial score (nSPS) is 16.3. The molecule has 0 fully saturated rings. The van der Waals surface area contributed by atoms with Gasteiger partial charge in [-0.3, -0.25) is 0 Å². The van der Waals surface area contributed by atoms with Crippen molar-refractivity contribution in [3.05, 3.63) is 29.3 Å². The minimum Gasteiger partial charge on any atom is -0.394 e. The zero-order chi connectivity index (χ0) is 11.5.